The largest absolute Gasteiger partial charge is 0.254 e. The van der Waals surface area contributed by atoms with Crippen molar-refractivity contribution in [1.82, 2.24) is 24.9 Å². The van der Waals surface area contributed by atoms with Gasteiger partial charge in [-0.1, -0.05) is 152 Å². The SMILES string of the molecule is c1ccc(-c2nc(-c3ccccc3)nc(-c3ccc(-c4ccc(-c5ccc6nc7c(ccc8cccnc87)cc6c5)c5ccccc45)c4ccccc34)n2)cc1. The second-order valence-corrected chi connectivity index (χ2v) is 14.1. The molecule has 0 atom stereocenters. The third-order valence-corrected chi connectivity index (χ3v) is 10.7. The van der Waals surface area contributed by atoms with Crippen LogP contribution in [0.15, 0.2) is 188 Å². The van der Waals surface area contributed by atoms with Crippen molar-refractivity contribution < 1.29 is 0 Å². The number of rotatable bonds is 5. The molecule has 0 aliphatic carbocycles. The first-order valence-electron chi connectivity index (χ1n) is 18.7. The number of hydrogen-bond acceptors (Lipinski definition) is 5. The lowest BCUT2D eigenvalue weighted by molar-refractivity contribution is 1.08. The van der Waals surface area contributed by atoms with Crippen LogP contribution in [0.25, 0.3) is 111 Å². The average molecular weight is 714 g/mol. The summed E-state index contributed by atoms with van der Waals surface area (Å²) < 4.78 is 0. The number of pyridine rings is 2. The Hall–Kier alpha value is -7.63. The van der Waals surface area contributed by atoms with E-state index in [9.17, 15) is 0 Å². The van der Waals surface area contributed by atoms with Crippen molar-refractivity contribution in [2.24, 2.45) is 0 Å². The van der Waals surface area contributed by atoms with E-state index in [0.29, 0.717) is 17.5 Å². The molecule has 0 fully saturated rings. The second kappa shape index (κ2) is 13.0. The number of hydrogen-bond donors (Lipinski definition) is 0. The normalized spacial score (nSPS) is 11.6. The molecule has 3 aromatic heterocycles. The summed E-state index contributed by atoms with van der Waals surface area (Å²) in [6.45, 7) is 0. The van der Waals surface area contributed by atoms with Gasteiger partial charge in [-0.3, -0.25) is 4.98 Å². The van der Waals surface area contributed by atoms with Gasteiger partial charge in [0.1, 0.15) is 0 Å². The fraction of sp³-hybridized carbons (Fsp3) is 0. The van der Waals surface area contributed by atoms with Gasteiger partial charge < -0.3 is 0 Å². The Morgan fingerprint density at radius 2 is 0.821 bits per heavy atom. The molecule has 56 heavy (non-hydrogen) atoms. The van der Waals surface area contributed by atoms with Crippen LogP contribution < -0.4 is 0 Å². The molecule has 5 nitrogen and oxygen atoms in total. The highest BCUT2D eigenvalue weighted by atomic mass is 15.0. The van der Waals surface area contributed by atoms with Crippen LogP contribution in [0, 0.1) is 0 Å². The van der Waals surface area contributed by atoms with Crippen LogP contribution in [0.3, 0.4) is 0 Å². The minimum absolute atomic E-state index is 0.642. The van der Waals surface area contributed by atoms with E-state index < -0.39 is 0 Å². The van der Waals surface area contributed by atoms with Gasteiger partial charge in [0.05, 0.1) is 16.6 Å². The summed E-state index contributed by atoms with van der Waals surface area (Å²) in [5.74, 6) is 1.93. The average Bonchev–Trinajstić information content (AvgIpc) is 3.28. The number of aromatic nitrogens is 5. The Morgan fingerprint density at radius 3 is 1.48 bits per heavy atom. The zero-order valence-corrected chi connectivity index (χ0v) is 30.1. The number of nitrogens with zero attached hydrogens (tertiary/aromatic N) is 5. The van der Waals surface area contributed by atoms with Gasteiger partial charge in [0.2, 0.25) is 0 Å². The molecule has 11 aromatic rings. The zero-order valence-electron chi connectivity index (χ0n) is 30.1. The first kappa shape index (κ1) is 31.9. The standard InChI is InChI=1S/C51H31N5/c1-3-12-33(13-4-1)49-54-50(34-14-5-2-6-15-34)56-51(55-49)45-27-26-44(41-19-9-10-20-42(41)45)43-25-24-38(39-17-7-8-18-40(39)43)35-23-28-46-37(30-35)31-36-22-21-32-16-11-29-52-47(32)48(36)53-46/h1-31H. The van der Waals surface area contributed by atoms with E-state index in [1.807, 2.05) is 72.9 Å². The number of fused-ring (bicyclic) bond motifs is 6. The second-order valence-electron chi connectivity index (χ2n) is 14.1. The van der Waals surface area contributed by atoms with Gasteiger partial charge in [0.25, 0.3) is 0 Å². The van der Waals surface area contributed by atoms with Gasteiger partial charge in [-0.05, 0) is 74.1 Å². The highest BCUT2D eigenvalue weighted by Crippen LogP contribution is 2.41. The Bertz CT molecular complexity index is 3250. The molecule has 0 saturated heterocycles. The van der Waals surface area contributed by atoms with E-state index >= 15 is 0 Å². The minimum atomic E-state index is 0.642. The van der Waals surface area contributed by atoms with Crippen molar-refractivity contribution in [1.29, 1.82) is 0 Å². The smallest absolute Gasteiger partial charge is 0.164 e. The summed E-state index contributed by atoms with van der Waals surface area (Å²) in [7, 11) is 0. The lowest BCUT2D eigenvalue weighted by Crippen LogP contribution is -2.00. The Balaban J connectivity index is 1.05. The summed E-state index contributed by atoms with van der Waals surface area (Å²) in [5, 5.41) is 7.88. The molecule has 0 saturated carbocycles. The summed E-state index contributed by atoms with van der Waals surface area (Å²) in [5.41, 5.74) is 10.3. The molecule has 3 heterocycles. The predicted octanol–water partition coefficient (Wildman–Crippen LogP) is 12.8. The van der Waals surface area contributed by atoms with E-state index in [1.165, 1.54) is 21.9 Å². The Kier molecular flexibility index (Phi) is 7.42. The maximum Gasteiger partial charge on any atom is 0.164 e. The van der Waals surface area contributed by atoms with Gasteiger partial charge in [0.15, 0.2) is 17.5 Å². The molecule has 260 valence electrons. The zero-order chi connectivity index (χ0) is 37.0. The summed E-state index contributed by atoms with van der Waals surface area (Å²) in [6.07, 6.45) is 1.83. The van der Waals surface area contributed by atoms with Crippen LogP contribution in [-0.4, -0.2) is 24.9 Å². The van der Waals surface area contributed by atoms with Gasteiger partial charge in [0, 0.05) is 39.0 Å². The molecule has 0 spiro atoms. The van der Waals surface area contributed by atoms with Crippen molar-refractivity contribution in [3.8, 4) is 56.4 Å². The molecule has 11 rings (SSSR count). The molecule has 8 aromatic carbocycles. The fourth-order valence-electron chi connectivity index (χ4n) is 8.05. The third kappa shape index (κ3) is 5.37. The summed E-state index contributed by atoms with van der Waals surface area (Å²) in [4.78, 5) is 24.8. The monoisotopic (exact) mass is 713 g/mol. The maximum atomic E-state index is 5.08. The van der Waals surface area contributed by atoms with Crippen LogP contribution in [-0.2, 0) is 0 Å². The van der Waals surface area contributed by atoms with Gasteiger partial charge >= 0.3 is 0 Å². The van der Waals surface area contributed by atoms with E-state index in [-0.39, 0.29) is 0 Å². The van der Waals surface area contributed by atoms with Crippen molar-refractivity contribution in [3.63, 3.8) is 0 Å². The topological polar surface area (TPSA) is 64.5 Å². The molecule has 0 aliphatic heterocycles. The van der Waals surface area contributed by atoms with Crippen LogP contribution in [0.4, 0.5) is 0 Å². The highest BCUT2D eigenvalue weighted by molar-refractivity contribution is 6.13. The molecular formula is C51H31N5. The number of benzene rings is 8. The lowest BCUT2D eigenvalue weighted by atomic mass is 9.88. The molecule has 5 heteroatoms. The van der Waals surface area contributed by atoms with Gasteiger partial charge in [-0.2, -0.15) is 0 Å². The third-order valence-electron chi connectivity index (χ3n) is 10.7. The van der Waals surface area contributed by atoms with Gasteiger partial charge in [-0.15, -0.1) is 0 Å². The van der Waals surface area contributed by atoms with Crippen molar-refractivity contribution in [3.05, 3.63) is 188 Å². The molecule has 0 bridgehead atoms. The van der Waals surface area contributed by atoms with E-state index in [4.69, 9.17) is 19.9 Å². The van der Waals surface area contributed by atoms with Crippen LogP contribution in [0.1, 0.15) is 0 Å². The molecule has 0 radical (unpaired) electrons. The first-order chi connectivity index (χ1) is 27.7. The molecule has 0 aliphatic rings. The van der Waals surface area contributed by atoms with Crippen LogP contribution in [0.5, 0.6) is 0 Å². The quantitative estimate of drug-likeness (QED) is 0.131. The van der Waals surface area contributed by atoms with Gasteiger partial charge in [-0.25, -0.2) is 19.9 Å². The van der Waals surface area contributed by atoms with Crippen molar-refractivity contribution in [2.45, 2.75) is 0 Å². The molecule has 0 N–H and O–H groups in total. The maximum absolute atomic E-state index is 5.08. The molecule has 0 unspecified atom stereocenters. The van der Waals surface area contributed by atoms with Crippen molar-refractivity contribution in [2.75, 3.05) is 0 Å². The Labute approximate surface area is 322 Å². The van der Waals surface area contributed by atoms with E-state index in [1.54, 1.807) is 0 Å². The lowest BCUT2D eigenvalue weighted by Gasteiger charge is -2.16. The van der Waals surface area contributed by atoms with E-state index in [2.05, 4.69) is 120 Å². The fourth-order valence-corrected chi connectivity index (χ4v) is 8.05. The molecular weight excluding hydrogens is 683 g/mol. The summed E-state index contributed by atoms with van der Waals surface area (Å²) in [6, 6.07) is 63.6. The predicted molar refractivity (Wildman–Crippen MR) is 230 cm³/mol. The molecule has 0 amide bonds. The first-order valence-corrected chi connectivity index (χ1v) is 18.7. The summed E-state index contributed by atoms with van der Waals surface area (Å²) >= 11 is 0. The Morgan fingerprint density at radius 1 is 0.286 bits per heavy atom. The van der Waals surface area contributed by atoms with Crippen LogP contribution >= 0.6 is 0 Å². The minimum Gasteiger partial charge on any atom is -0.254 e. The highest BCUT2D eigenvalue weighted by Gasteiger charge is 2.18. The van der Waals surface area contributed by atoms with Crippen LogP contribution in [0.2, 0.25) is 0 Å². The van der Waals surface area contributed by atoms with Crippen molar-refractivity contribution >= 4 is 54.3 Å². The van der Waals surface area contributed by atoms with E-state index in [0.717, 1.165) is 71.3 Å².